The molecule has 0 bridgehead atoms. The van der Waals surface area contributed by atoms with Crippen molar-refractivity contribution in [3.05, 3.63) is 30.1 Å². The van der Waals surface area contributed by atoms with Crippen molar-refractivity contribution < 1.29 is 18.7 Å². The number of methoxy groups -OCH3 is 1. The maximum Gasteiger partial charge on any atom is 0.253 e. The van der Waals surface area contributed by atoms with Gasteiger partial charge in [0.2, 0.25) is 5.91 Å². The standard InChI is InChI=1S/C17H22FN3O3/c1-24-17(9-11(19)10-17)16(23)20-13-6-4-8-21(15(13)22)14-7-3-2-5-12(14)18/h2-3,5,7,11,13H,4,6,8-10,19H2,1H3,(H,20,23). The van der Waals surface area contributed by atoms with Crippen LogP contribution in [0, 0.1) is 5.82 Å². The Morgan fingerprint density at radius 1 is 1.42 bits per heavy atom. The Morgan fingerprint density at radius 3 is 2.75 bits per heavy atom. The van der Waals surface area contributed by atoms with Crippen molar-refractivity contribution in [2.45, 2.75) is 43.4 Å². The van der Waals surface area contributed by atoms with E-state index in [4.69, 9.17) is 10.5 Å². The van der Waals surface area contributed by atoms with E-state index in [0.717, 1.165) is 0 Å². The fourth-order valence-corrected chi connectivity index (χ4v) is 3.44. The smallest absolute Gasteiger partial charge is 0.253 e. The quantitative estimate of drug-likeness (QED) is 0.858. The van der Waals surface area contributed by atoms with Gasteiger partial charge in [-0.3, -0.25) is 9.59 Å². The van der Waals surface area contributed by atoms with Crippen LogP contribution < -0.4 is 16.0 Å². The molecule has 130 valence electrons. The molecule has 1 saturated heterocycles. The van der Waals surface area contributed by atoms with Crippen LogP contribution in [0.5, 0.6) is 0 Å². The van der Waals surface area contributed by atoms with Gasteiger partial charge in [-0.1, -0.05) is 12.1 Å². The molecule has 3 N–H and O–H groups in total. The molecule has 24 heavy (non-hydrogen) atoms. The number of anilines is 1. The van der Waals surface area contributed by atoms with Crippen LogP contribution in [-0.4, -0.2) is 43.2 Å². The molecule has 1 aromatic rings. The van der Waals surface area contributed by atoms with Gasteiger partial charge in [0.1, 0.15) is 17.5 Å². The first-order valence-electron chi connectivity index (χ1n) is 8.14. The monoisotopic (exact) mass is 335 g/mol. The van der Waals surface area contributed by atoms with Crippen LogP contribution in [0.2, 0.25) is 0 Å². The van der Waals surface area contributed by atoms with Crippen LogP contribution in [0.3, 0.4) is 0 Å². The average Bonchev–Trinajstić information content (AvgIpc) is 2.54. The number of carbonyl (C=O) groups excluding carboxylic acids is 2. The maximum atomic E-state index is 14.0. The van der Waals surface area contributed by atoms with E-state index in [0.29, 0.717) is 32.2 Å². The highest BCUT2D eigenvalue weighted by Gasteiger charge is 2.50. The van der Waals surface area contributed by atoms with E-state index >= 15 is 0 Å². The summed E-state index contributed by atoms with van der Waals surface area (Å²) in [6.07, 6.45) is 2.09. The lowest BCUT2D eigenvalue weighted by Crippen LogP contribution is -2.64. The molecular weight excluding hydrogens is 313 g/mol. The van der Waals surface area contributed by atoms with Crippen LogP contribution in [0.15, 0.2) is 24.3 Å². The molecule has 0 spiro atoms. The van der Waals surface area contributed by atoms with Crippen molar-refractivity contribution in [2.24, 2.45) is 5.73 Å². The molecule has 1 unspecified atom stereocenters. The predicted octanol–water partition coefficient (Wildman–Crippen LogP) is 0.944. The van der Waals surface area contributed by atoms with Crippen molar-refractivity contribution in [3.8, 4) is 0 Å². The van der Waals surface area contributed by atoms with Gasteiger partial charge in [0.25, 0.3) is 5.91 Å². The SMILES string of the molecule is COC1(C(=O)NC2CCCN(c3ccccc3F)C2=O)CC(N)C1. The summed E-state index contributed by atoms with van der Waals surface area (Å²) in [5, 5.41) is 2.77. The summed E-state index contributed by atoms with van der Waals surface area (Å²) in [5.74, 6) is -1.06. The van der Waals surface area contributed by atoms with E-state index in [1.54, 1.807) is 18.2 Å². The minimum atomic E-state index is -0.944. The molecule has 1 aromatic carbocycles. The summed E-state index contributed by atoms with van der Waals surface area (Å²) >= 11 is 0. The number of nitrogens with one attached hydrogen (secondary N) is 1. The predicted molar refractivity (Wildman–Crippen MR) is 86.9 cm³/mol. The number of ether oxygens (including phenoxy) is 1. The topological polar surface area (TPSA) is 84.7 Å². The molecule has 7 heteroatoms. The van der Waals surface area contributed by atoms with Crippen molar-refractivity contribution >= 4 is 17.5 Å². The number of benzene rings is 1. The Bertz CT molecular complexity index is 646. The highest BCUT2D eigenvalue weighted by molar-refractivity contribution is 6.01. The number of halogens is 1. The summed E-state index contributed by atoms with van der Waals surface area (Å²) in [7, 11) is 1.47. The third-order valence-electron chi connectivity index (χ3n) is 4.88. The second-order valence-electron chi connectivity index (χ2n) is 6.48. The van der Waals surface area contributed by atoms with E-state index in [1.807, 2.05) is 0 Å². The Kier molecular flexibility index (Phi) is 4.56. The molecule has 0 radical (unpaired) electrons. The van der Waals surface area contributed by atoms with Crippen molar-refractivity contribution in [3.63, 3.8) is 0 Å². The molecule has 2 fully saturated rings. The van der Waals surface area contributed by atoms with E-state index in [9.17, 15) is 14.0 Å². The van der Waals surface area contributed by atoms with Crippen LogP contribution in [0.1, 0.15) is 25.7 Å². The van der Waals surface area contributed by atoms with Gasteiger partial charge in [-0.15, -0.1) is 0 Å². The zero-order valence-electron chi connectivity index (χ0n) is 13.6. The lowest BCUT2D eigenvalue weighted by Gasteiger charge is -2.44. The molecule has 0 aromatic heterocycles. The molecule has 3 rings (SSSR count). The highest BCUT2D eigenvalue weighted by Crippen LogP contribution is 2.35. The second kappa shape index (κ2) is 6.49. The number of hydrogen-bond donors (Lipinski definition) is 2. The molecule has 2 aliphatic rings. The summed E-state index contributed by atoms with van der Waals surface area (Å²) in [4.78, 5) is 26.6. The Labute approximate surface area is 140 Å². The number of amides is 2. The maximum absolute atomic E-state index is 14.0. The van der Waals surface area contributed by atoms with Crippen molar-refractivity contribution in [1.82, 2.24) is 5.32 Å². The van der Waals surface area contributed by atoms with Crippen LogP contribution in [-0.2, 0) is 14.3 Å². The average molecular weight is 335 g/mol. The number of nitrogens with zero attached hydrogens (tertiary/aromatic N) is 1. The van der Waals surface area contributed by atoms with E-state index in [2.05, 4.69) is 5.32 Å². The van der Waals surface area contributed by atoms with Crippen molar-refractivity contribution in [2.75, 3.05) is 18.6 Å². The van der Waals surface area contributed by atoms with Crippen LogP contribution in [0.4, 0.5) is 10.1 Å². The fourth-order valence-electron chi connectivity index (χ4n) is 3.44. The van der Waals surface area contributed by atoms with E-state index in [1.165, 1.54) is 18.1 Å². The van der Waals surface area contributed by atoms with Gasteiger partial charge in [-0.05, 0) is 25.0 Å². The van der Waals surface area contributed by atoms with Gasteiger partial charge in [-0.2, -0.15) is 0 Å². The van der Waals surface area contributed by atoms with Crippen molar-refractivity contribution in [1.29, 1.82) is 0 Å². The molecule has 6 nitrogen and oxygen atoms in total. The minimum absolute atomic E-state index is 0.0623. The summed E-state index contributed by atoms with van der Waals surface area (Å²) < 4.78 is 19.3. The van der Waals surface area contributed by atoms with Gasteiger partial charge in [-0.25, -0.2) is 4.39 Å². The molecule has 1 heterocycles. The number of hydrogen-bond acceptors (Lipinski definition) is 4. The molecule has 1 saturated carbocycles. The van der Waals surface area contributed by atoms with Crippen LogP contribution in [0.25, 0.3) is 0 Å². The zero-order valence-corrected chi connectivity index (χ0v) is 13.6. The van der Waals surface area contributed by atoms with E-state index in [-0.39, 0.29) is 23.5 Å². The van der Waals surface area contributed by atoms with Gasteiger partial charge in [0.05, 0.1) is 5.69 Å². The largest absolute Gasteiger partial charge is 0.368 e. The second-order valence-corrected chi connectivity index (χ2v) is 6.48. The lowest BCUT2D eigenvalue weighted by atomic mass is 9.75. The number of piperidine rings is 1. The Balaban J connectivity index is 1.72. The summed E-state index contributed by atoms with van der Waals surface area (Å²) in [6.45, 7) is 0.437. The fraction of sp³-hybridized carbons (Fsp3) is 0.529. The number of para-hydroxylation sites is 1. The number of rotatable bonds is 4. The van der Waals surface area contributed by atoms with Gasteiger partial charge in [0.15, 0.2) is 0 Å². The molecule has 1 aliphatic heterocycles. The number of nitrogens with two attached hydrogens (primary N) is 1. The zero-order chi connectivity index (χ0) is 17.3. The highest BCUT2D eigenvalue weighted by atomic mass is 19.1. The lowest BCUT2D eigenvalue weighted by molar-refractivity contribution is -0.158. The molecule has 1 atom stereocenters. The van der Waals surface area contributed by atoms with E-state index < -0.39 is 17.5 Å². The molecule has 1 aliphatic carbocycles. The molecular formula is C17H22FN3O3. The third-order valence-corrected chi connectivity index (χ3v) is 4.88. The van der Waals surface area contributed by atoms with Gasteiger partial charge >= 0.3 is 0 Å². The number of carbonyl (C=O) groups is 2. The normalized spacial score (nSPS) is 30.0. The molecule has 2 amide bonds. The first-order chi connectivity index (χ1) is 11.5. The summed E-state index contributed by atoms with van der Waals surface area (Å²) in [5.41, 5.74) is 5.07. The van der Waals surface area contributed by atoms with Gasteiger partial charge in [0, 0.05) is 32.5 Å². The first kappa shape index (κ1) is 16.9. The third kappa shape index (κ3) is 2.89. The minimum Gasteiger partial charge on any atom is -0.368 e. The summed E-state index contributed by atoms with van der Waals surface area (Å²) in [6, 6.07) is 5.42. The van der Waals surface area contributed by atoms with Gasteiger partial charge < -0.3 is 20.7 Å². The van der Waals surface area contributed by atoms with Crippen LogP contribution >= 0.6 is 0 Å². The Hall–Kier alpha value is -1.99. The Morgan fingerprint density at radius 2 is 2.12 bits per heavy atom. The first-order valence-corrected chi connectivity index (χ1v) is 8.14.